The molecular formula is C47H28N2S2. The number of hydrogen-bond acceptors (Lipinski definition) is 4. The third-order valence-electron chi connectivity index (χ3n) is 10.2. The molecule has 0 spiro atoms. The average molecular weight is 685 g/mol. The number of nitrogens with zero attached hydrogens (tertiary/aromatic N) is 2. The summed E-state index contributed by atoms with van der Waals surface area (Å²) in [5, 5.41) is 11.4. The van der Waals surface area contributed by atoms with Gasteiger partial charge in [-0.25, -0.2) is 0 Å². The van der Waals surface area contributed by atoms with Crippen molar-refractivity contribution in [1.29, 1.82) is 0 Å². The number of anilines is 3. The summed E-state index contributed by atoms with van der Waals surface area (Å²) in [7, 11) is 0. The highest BCUT2D eigenvalue weighted by atomic mass is 32.1. The van der Waals surface area contributed by atoms with Gasteiger partial charge in [-0.15, -0.1) is 22.7 Å². The molecule has 0 aliphatic carbocycles. The molecule has 0 radical (unpaired) electrons. The average Bonchev–Trinajstić information content (AvgIpc) is 3.73. The predicted octanol–water partition coefficient (Wildman–Crippen LogP) is 14.4. The van der Waals surface area contributed by atoms with Crippen molar-refractivity contribution in [3.63, 3.8) is 0 Å². The van der Waals surface area contributed by atoms with Crippen LogP contribution in [0.15, 0.2) is 170 Å². The van der Waals surface area contributed by atoms with E-state index in [9.17, 15) is 0 Å². The van der Waals surface area contributed by atoms with Crippen molar-refractivity contribution in [2.45, 2.75) is 0 Å². The van der Waals surface area contributed by atoms with Crippen molar-refractivity contribution in [2.75, 3.05) is 4.90 Å². The molecule has 0 saturated carbocycles. The lowest BCUT2D eigenvalue weighted by molar-refractivity contribution is 1.29. The lowest BCUT2D eigenvalue weighted by Gasteiger charge is -2.26. The molecule has 3 aromatic heterocycles. The summed E-state index contributed by atoms with van der Waals surface area (Å²) < 4.78 is 5.29. The summed E-state index contributed by atoms with van der Waals surface area (Å²) in [5.41, 5.74) is 6.64. The SMILES string of the molecule is c1ccc2ncc(-c3ccc(N(c4ccc5cc6c(cc5c4)sc4ccccc46)c4ccc5cc6c(cc5c4)sc4ccccc46)cc3)cc2c1. The number of pyridine rings is 1. The van der Waals surface area contributed by atoms with Gasteiger partial charge in [0.2, 0.25) is 0 Å². The number of aromatic nitrogens is 1. The Labute approximate surface area is 302 Å². The number of benzene rings is 8. The van der Waals surface area contributed by atoms with E-state index in [2.05, 4.69) is 163 Å². The molecule has 51 heavy (non-hydrogen) atoms. The second-order valence-corrected chi connectivity index (χ2v) is 15.4. The summed E-state index contributed by atoms with van der Waals surface area (Å²) in [6.45, 7) is 0. The van der Waals surface area contributed by atoms with Gasteiger partial charge in [-0.1, -0.05) is 78.9 Å². The van der Waals surface area contributed by atoms with Gasteiger partial charge in [0.25, 0.3) is 0 Å². The fourth-order valence-corrected chi connectivity index (χ4v) is 9.94. The van der Waals surface area contributed by atoms with E-state index in [1.807, 2.05) is 34.9 Å². The second-order valence-electron chi connectivity index (χ2n) is 13.3. The van der Waals surface area contributed by atoms with Crippen LogP contribution in [0.5, 0.6) is 0 Å². The Kier molecular flexibility index (Phi) is 6.32. The molecule has 0 N–H and O–H groups in total. The summed E-state index contributed by atoms with van der Waals surface area (Å²) in [6, 6.07) is 60.1. The Hall–Kier alpha value is -6.07. The van der Waals surface area contributed by atoms with Crippen molar-refractivity contribution < 1.29 is 0 Å². The molecule has 0 aliphatic heterocycles. The van der Waals surface area contributed by atoms with E-state index in [1.165, 1.54) is 61.9 Å². The maximum atomic E-state index is 4.73. The van der Waals surface area contributed by atoms with E-state index in [0.717, 1.165) is 39.1 Å². The van der Waals surface area contributed by atoms with Gasteiger partial charge in [0.1, 0.15) is 0 Å². The minimum absolute atomic E-state index is 1.01. The normalized spacial score (nSPS) is 11.9. The standard InChI is InChI=1S/C47H28N2S2/c1-4-10-43-32(7-1)21-35(28-48-43)29-13-17-36(18-14-29)49(37-19-15-30-24-41-39-8-2-5-11-44(39)50-46(41)26-33(30)22-37)38-20-16-31-25-42-40-9-3-6-12-45(40)51-47(42)27-34(31)23-38/h1-28H. The van der Waals surface area contributed by atoms with Crippen LogP contribution in [0.25, 0.3) is 83.9 Å². The zero-order chi connectivity index (χ0) is 33.5. The van der Waals surface area contributed by atoms with Crippen molar-refractivity contribution in [1.82, 2.24) is 4.98 Å². The Balaban J connectivity index is 1.07. The molecule has 11 rings (SSSR count). The van der Waals surface area contributed by atoms with Crippen LogP contribution in [0, 0.1) is 0 Å². The first kappa shape index (κ1) is 28.7. The molecule has 0 saturated heterocycles. The number of fused-ring (bicyclic) bond motifs is 9. The summed E-state index contributed by atoms with van der Waals surface area (Å²) >= 11 is 3.74. The van der Waals surface area contributed by atoms with Crippen LogP contribution in [-0.2, 0) is 0 Å². The second kappa shape index (κ2) is 11.2. The van der Waals surface area contributed by atoms with Crippen LogP contribution in [0.4, 0.5) is 17.1 Å². The van der Waals surface area contributed by atoms with Gasteiger partial charge >= 0.3 is 0 Å². The Morgan fingerprint density at radius 1 is 0.353 bits per heavy atom. The van der Waals surface area contributed by atoms with Gasteiger partial charge in [-0.3, -0.25) is 4.98 Å². The smallest absolute Gasteiger partial charge is 0.0702 e. The molecule has 2 nitrogen and oxygen atoms in total. The van der Waals surface area contributed by atoms with Crippen LogP contribution in [0.1, 0.15) is 0 Å². The van der Waals surface area contributed by atoms with Gasteiger partial charge in [-0.2, -0.15) is 0 Å². The van der Waals surface area contributed by atoms with E-state index >= 15 is 0 Å². The van der Waals surface area contributed by atoms with Crippen LogP contribution in [0.2, 0.25) is 0 Å². The van der Waals surface area contributed by atoms with Crippen LogP contribution >= 0.6 is 22.7 Å². The van der Waals surface area contributed by atoms with Gasteiger partial charge in [0.05, 0.1) is 5.52 Å². The number of rotatable bonds is 4. The monoisotopic (exact) mass is 684 g/mol. The van der Waals surface area contributed by atoms with E-state index in [4.69, 9.17) is 4.98 Å². The molecule has 0 bridgehead atoms. The molecular weight excluding hydrogens is 657 g/mol. The molecule has 11 aromatic rings. The maximum Gasteiger partial charge on any atom is 0.0702 e. The first-order valence-corrected chi connectivity index (χ1v) is 18.8. The predicted molar refractivity (Wildman–Crippen MR) is 223 cm³/mol. The first-order valence-electron chi connectivity index (χ1n) is 17.2. The lowest BCUT2D eigenvalue weighted by atomic mass is 10.0. The third-order valence-corrected chi connectivity index (χ3v) is 12.5. The molecule has 238 valence electrons. The lowest BCUT2D eigenvalue weighted by Crippen LogP contribution is -2.09. The minimum atomic E-state index is 1.01. The van der Waals surface area contributed by atoms with Crippen LogP contribution in [0.3, 0.4) is 0 Å². The molecule has 8 aromatic carbocycles. The molecule has 3 heterocycles. The Bertz CT molecular complexity index is 3000. The van der Waals surface area contributed by atoms with E-state index in [0.29, 0.717) is 0 Å². The highest BCUT2D eigenvalue weighted by Gasteiger charge is 2.16. The quantitative estimate of drug-likeness (QED) is 0.183. The highest BCUT2D eigenvalue weighted by molar-refractivity contribution is 7.26. The fourth-order valence-electron chi connectivity index (χ4n) is 7.67. The van der Waals surface area contributed by atoms with Gasteiger partial charge < -0.3 is 4.90 Å². The number of hydrogen-bond donors (Lipinski definition) is 0. The number of para-hydroxylation sites is 1. The Morgan fingerprint density at radius 3 is 1.53 bits per heavy atom. The van der Waals surface area contributed by atoms with E-state index in [-0.39, 0.29) is 0 Å². The van der Waals surface area contributed by atoms with Crippen molar-refractivity contribution in [3.05, 3.63) is 170 Å². The zero-order valence-corrected chi connectivity index (χ0v) is 29.0. The molecule has 0 amide bonds. The molecule has 0 fully saturated rings. The first-order chi connectivity index (χ1) is 25.2. The third kappa shape index (κ3) is 4.72. The Morgan fingerprint density at radius 2 is 0.902 bits per heavy atom. The van der Waals surface area contributed by atoms with Gasteiger partial charge in [0, 0.05) is 74.6 Å². The van der Waals surface area contributed by atoms with Crippen molar-refractivity contribution in [3.8, 4) is 11.1 Å². The molecule has 4 heteroatoms. The topological polar surface area (TPSA) is 16.1 Å². The van der Waals surface area contributed by atoms with Crippen LogP contribution in [-0.4, -0.2) is 4.98 Å². The maximum absolute atomic E-state index is 4.73. The summed E-state index contributed by atoms with van der Waals surface area (Å²) in [4.78, 5) is 7.12. The minimum Gasteiger partial charge on any atom is -0.310 e. The van der Waals surface area contributed by atoms with Crippen molar-refractivity contribution >= 4 is 113 Å². The van der Waals surface area contributed by atoms with Crippen LogP contribution < -0.4 is 4.90 Å². The zero-order valence-electron chi connectivity index (χ0n) is 27.4. The van der Waals surface area contributed by atoms with Crippen molar-refractivity contribution in [2.24, 2.45) is 0 Å². The molecule has 0 atom stereocenters. The largest absolute Gasteiger partial charge is 0.310 e. The van der Waals surface area contributed by atoms with E-state index in [1.54, 1.807) is 0 Å². The molecule has 0 unspecified atom stereocenters. The summed E-state index contributed by atoms with van der Waals surface area (Å²) in [6.07, 6.45) is 1.98. The van der Waals surface area contributed by atoms with Gasteiger partial charge in [-0.05, 0) is 112 Å². The molecule has 0 aliphatic rings. The van der Waals surface area contributed by atoms with Gasteiger partial charge in [0.15, 0.2) is 0 Å². The highest BCUT2D eigenvalue weighted by Crippen LogP contribution is 2.42. The van der Waals surface area contributed by atoms with E-state index < -0.39 is 0 Å². The fraction of sp³-hybridized carbons (Fsp3) is 0. The number of thiophene rings is 2. The summed E-state index contributed by atoms with van der Waals surface area (Å²) in [5.74, 6) is 0.